The molecule has 3 heterocycles. The summed E-state index contributed by atoms with van der Waals surface area (Å²) < 4.78 is 7.40. The number of hydrogen-bond donors (Lipinski definition) is 0. The first kappa shape index (κ1) is 17.4. The Morgan fingerprint density at radius 3 is 2.63 bits per heavy atom. The molecule has 0 N–H and O–H groups in total. The van der Waals surface area contributed by atoms with Crippen molar-refractivity contribution in [3.63, 3.8) is 0 Å². The number of carbonyl (C=O) groups excluding carboxylic acids is 1. The fourth-order valence-corrected chi connectivity index (χ4v) is 4.06. The molecule has 1 aliphatic carbocycles. The zero-order valence-electron chi connectivity index (χ0n) is 15.8. The van der Waals surface area contributed by atoms with Crippen LogP contribution in [0, 0.1) is 0 Å². The Kier molecular flexibility index (Phi) is 3.79. The van der Waals surface area contributed by atoms with Gasteiger partial charge in [0.05, 0.1) is 34.2 Å². The second-order valence-electron chi connectivity index (χ2n) is 7.50. The highest BCUT2D eigenvalue weighted by Gasteiger charge is 2.33. The predicted octanol–water partition coefficient (Wildman–Crippen LogP) is 4.61. The molecular formula is C22H16ClN5O2. The van der Waals surface area contributed by atoms with E-state index in [4.69, 9.17) is 16.1 Å². The van der Waals surface area contributed by atoms with Crippen molar-refractivity contribution in [2.75, 3.05) is 4.90 Å². The fourth-order valence-electron chi connectivity index (χ4n) is 3.84. The lowest BCUT2D eigenvalue weighted by Gasteiger charge is -2.31. The molecule has 4 aromatic rings. The van der Waals surface area contributed by atoms with Gasteiger partial charge in [-0.25, -0.2) is 4.98 Å². The highest BCUT2D eigenvalue weighted by atomic mass is 35.5. The molecule has 1 saturated carbocycles. The topological polar surface area (TPSA) is 77.1 Å². The van der Waals surface area contributed by atoms with Gasteiger partial charge in [-0.2, -0.15) is 4.98 Å². The van der Waals surface area contributed by atoms with Crippen LogP contribution < -0.4 is 4.90 Å². The van der Waals surface area contributed by atoms with E-state index in [2.05, 4.69) is 15.1 Å². The maximum absolute atomic E-state index is 13.4. The molecular weight excluding hydrogens is 402 g/mol. The average Bonchev–Trinajstić information content (AvgIpc) is 3.35. The highest BCUT2D eigenvalue weighted by molar-refractivity contribution is 6.34. The standard InChI is InChI=1S/C22H16ClN5O2/c23-15-6-2-1-5-14(15)22(29)27-11-18-19(20-25-21(30-26-20)13-9-10-13)24-12-28(18)17-8-4-3-7-16(17)27/h1-8,12-13H,9-11H2. The first-order chi connectivity index (χ1) is 14.7. The summed E-state index contributed by atoms with van der Waals surface area (Å²) in [4.78, 5) is 24.2. The number of nitrogens with zero attached hydrogens (tertiary/aromatic N) is 5. The van der Waals surface area contributed by atoms with Crippen LogP contribution in [0.1, 0.15) is 40.7 Å². The zero-order valence-corrected chi connectivity index (χ0v) is 16.6. The Balaban J connectivity index is 1.46. The number of carbonyl (C=O) groups is 1. The van der Waals surface area contributed by atoms with Gasteiger partial charge in [0.15, 0.2) is 0 Å². The number of para-hydroxylation sites is 2. The first-order valence-electron chi connectivity index (χ1n) is 9.76. The highest BCUT2D eigenvalue weighted by Crippen LogP contribution is 2.41. The molecule has 0 unspecified atom stereocenters. The van der Waals surface area contributed by atoms with Gasteiger partial charge < -0.3 is 9.42 Å². The number of fused-ring (bicyclic) bond motifs is 3. The summed E-state index contributed by atoms with van der Waals surface area (Å²) in [5.74, 6) is 1.31. The van der Waals surface area contributed by atoms with Gasteiger partial charge in [0, 0.05) is 5.92 Å². The van der Waals surface area contributed by atoms with E-state index in [0.717, 1.165) is 29.9 Å². The number of imidazole rings is 1. The second-order valence-corrected chi connectivity index (χ2v) is 7.91. The van der Waals surface area contributed by atoms with E-state index >= 15 is 0 Å². The fraction of sp³-hybridized carbons (Fsp3) is 0.182. The number of halogens is 1. The summed E-state index contributed by atoms with van der Waals surface area (Å²) >= 11 is 6.31. The summed E-state index contributed by atoms with van der Waals surface area (Å²) in [5, 5.41) is 4.56. The summed E-state index contributed by atoms with van der Waals surface area (Å²) in [5.41, 5.74) is 3.57. The van der Waals surface area contributed by atoms with Crippen LogP contribution in [-0.2, 0) is 6.54 Å². The predicted molar refractivity (Wildman–Crippen MR) is 111 cm³/mol. The SMILES string of the molecule is O=C(c1ccccc1Cl)N1Cc2c(-c3noc(C4CC4)n3)ncn2-c2ccccc21. The van der Waals surface area contributed by atoms with Crippen molar-refractivity contribution in [1.29, 1.82) is 0 Å². The molecule has 0 radical (unpaired) electrons. The van der Waals surface area contributed by atoms with Crippen LogP contribution >= 0.6 is 11.6 Å². The molecule has 1 fully saturated rings. The van der Waals surface area contributed by atoms with Crippen LogP contribution in [0.2, 0.25) is 5.02 Å². The number of hydrogen-bond acceptors (Lipinski definition) is 5. The minimum atomic E-state index is -0.168. The number of benzene rings is 2. The van der Waals surface area contributed by atoms with Gasteiger partial charge in [-0.1, -0.05) is 41.0 Å². The van der Waals surface area contributed by atoms with E-state index in [-0.39, 0.29) is 5.91 Å². The van der Waals surface area contributed by atoms with E-state index in [1.807, 2.05) is 41.0 Å². The molecule has 1 amide bonds. The van der Waals surface area contributed by atoms with Gasteiger partial charge in [0.25, 0.3) is 5.91 Å². The van der Waals surface area contributed by atoms with Crippen LogP contribution in [0.15, 0.2) is 59.4 Å². The molecule has 7 nitrogen and oxygen atoms in total. The third kappa shape index (κ3) is 2.66. The number of anilines is 1. The maximum Gasteiger partial charge on any atom is 0.260 e. The Bertz CT molecular complexity index is 1290. The first-order valence-corrected chi connectivity index (χ1v) is 10.1. The van der Waals surface area contributed by atoms with Crippen LogP contribution in [0.5, 0.6) is 0 Å². The van der Waals surface area contributed by atoms with Gasteiger partial charge >= 0.3 is 0 Å². The molecule has 0 saturated heterocycles. The van der Waals surface area contributed by atoms with E-state index < -0.39 is 0 Å². The smallest absolute Gasteiger partial charge is 0.260 e. The van der Waals surface area contributed by atoms with E-state index in [1.54, 1.807) is 23.4 Å². The molecule has 2 aliphatic rings. The molecule has 148 valence electrons. The zero-order chi connectivity index (χ0) is 20.2. The molecule has 0 atom stereocenters. The molecule has 6 rings (SSSR count). The van der Waals surface area contributed by atoms with Crippen molar-refractivity contribution in [1.82, 2.24) is 19.7 Å². The molecule has 8 heteroatoms. The quantitative estimate of drug-likeness (QED) is 0.486. The van der Waals surface area contributed by atoms with Gasteiger partial charge in [0.2, 0.25) is 11.7 Å². The minimum Gasteiger partial charge on any atom is -0.339 e. The number of rotatable bonds is 3. The third-order valence-corrected chi connectivity index (χ3v) is 5.87. The van der Waals surface area contributed by atoms with Gasteiger partial charge in [-0.15, -0.1) is 0 Å². The van der Waals surface area contributed by atoms with E-state index in [9.17, 15) is 4.79 Å². The molecule has 0 spiro atoms. The Hall–Kier alpha value is -3.45. The summed E-state index contributed by atoms with van der Waals surface area (Å²) in [6.45, 7) is 0.323. The average molecular weight is 418 g/mol. The third-order valence-electron chi connectivity index (χ3n) is 5.54. The van der Waals surface area contributed by atoms with Crippen molar-refractivity contribution in [3.8, 4) is 17.2 Å². The Morgan fingerprint density at radius 1 is 1.07 bits per heavy atom. The second kappa shape index (κ2) is 6.53. The molecule has 2 aromatic carbocycles. The van der Waals surface area contributed by atoms with Crippen molar-refractivity contribution < 1.29 is 9.32 Å². The van der Waals surface area contributed by atoms with Crippen LogP contribution in [-0.4, -0.2) is 25.6 Å². The van der Waals surface area contributed by atoms with E-state index in [1.165, 1.54) is 0 Å². The maximum atomic E-state index is 13.4. The van der Waals surface area contributed by atoms with Crippen molar-refractivity contribution >= 4 is 23.2 Å². The minimum absolute atomic E-state index is 0.168. The summed E-state index contributed by atoms with van der Waals surface area (Å²) in [6.07, 6.45) is 3.90. The lowest BCUT2D eigenvalue weighted by atomic mass is 10.1. The lowest BCUT2D eigenvalue weighted by molar-refractivity contribution is 0.0984. The van der Waals surface area contributed by atoms with Crippen molar-refractivity contribution in [3.05, 3.63) is 77.0 Å². The monoisotopic (exact) mass is 417 g/mol. The van der Waals surface area contributed by atoms with Crippen LogP contribution in [0.25, 0.3) is 17.2 Å². The van der Waals surface area contributed by atoms with Crippen molar-refractivity contribution in [2.24, 2.45) is 0 Å². The number of amides is 1. The number of aromatic nitrogens is 4. The molecule has 2 aromatic heterocycles. The normalized spacial score (nSPS) is 15.0. The van der Waals surface area contributed by atoms with Crippen molar-refractivity contribution in [2.45, 2.75) is 25.3 Å². The molecule has 30 heavy (non-hydrogen) atoms. The van der Waals surface area contributed by atoms with Crippen LogP contribution in [0.4, 0.5) is 5.69 Å². The van der Waals surface area contributed by atoms with Crippen LogP contribution in [0.3, 0.4) is 0 Å². The summed E-state index contributed by atoms with van der Waals surface area (Å²) in [6, 6.07) is 14.8. The molecule has 0 bridgehead atoms. The Morgan fingerprint density at radius 2 is 1.83 bits per heavy atom. The Labute approximate surface area is 176 Å². The largest absolute Gasteiger partial charge is 0.339 e. The summed E-state index contributed by atoms with van der Waals surface area (Å²) in [7, 11) is 0. The van der Waals surface area contributed by atoms with Gasteiger partial charge in [0.1, 0.15) is 12.0 Å². The van der Waals surface area contributed by atoms with Gasteiger partial charge in [-0.3, -0.25) is 9.36 Å². The molecule has 1 aliphatic heterocycles. The van der Waals surface area contributed by atoms with E-state index in [0.29, 0.717) is 40.5 Å². The van der Waals surface area contributed by atoms with Gasteiger partial charge in [-0.05, 0) is 37.1 Å². The lowest BCUT2D eigenvalue weighted by Crippen LogP contribution is -2.35.